The number of hydrogen-bond acceptors (Lipinski definition) is 4. The predicted octanol–water partition coefficient (Wildman–Crippen LogP) is -1.37. The van der Waals surface area contributed by atoms with Gasteiger partial charge in [-0.2, -0.15) is 0 Å². The van der Waals surface area contributed by atoms with Crippen molar-refractivity contribution in [2.24, 2.45) is 11.7 Å². The van der Waals surface area contributed by atoms with Gasteiger partial charge in [-0.15, -0.1) is 0 Å². The minimum Gasteiger partial charge on any atom is -0.480 e. The molecule has 0 aromatic carbocycles. The van der Waals surface area contributed by atoms with Crippen LogP contribution in [0.4, 0.5) is 4.79 Å². The highest BCUT2D eigenvalue weighted by Gasteiger charge is 2.27. The maximum absolute atomic E-state index is 11.5. The van der Waals surface area contributed by atoms with Crippen molar-refractivity contribution in [3.63, 3.8) is 0 Å². The summed E-state index contributed by atoms with van der Waals surface area (Å²) in [7, 11) is 0. The first kappa shape index (κ1) is 16.2. The average Bonchev–Trinajstić information content (AvgIpc) is 2.20. The molecule has 6 N–H and O–H groups in total. The summed E-state index contributed by atoms with van der Waals surface area (Å²) in [6.45, 7) is 4.59. The molecule has 8 heteroatoms. The number of carbonyl (C=O) groups excluding carboxylic acids is 2. The lowest BCUT2D eigenvalue weighted by Crippen LogP contribution is -2.56. The average molecular weight is 261 g/mol. The van der Waals surface area contributed by atoms with Gasteiger partial charge in [-0.3, -0.25) is 4.79 Å². The predicted molar refractivity (Wildman–Crippen MR) is 62.6 cm³/mol. The summed E-state index contributed by atoms with van der Waals surface area (Å²) in [5.74, 6) is -2.33. The van der Waals surface area contributed by atoms with Gasteiger partial charge in [0.25, 0.3) is 0 Å². The zero-order chi connectivity index (χ0) is 14.5. The van der Waals surface area contributed by atoms with Gasteiger partial charge in [0.05, 0.1) is 6.10 Å². The fourth-order valence-corrected chi connectivity index (χ4v) is 1.28. The minimum absolute atomic E-state index is 0.233. The molecular weight excluding hydrogens is 242 g/mol. The summed E-state index contributed by atoms with van der Waals surface area (Å²) < 4.78 is 0. The van der Waals surface area contributed by atoms with Crippen LogP contribution in [-0.4, -0.2) is 46.3 Å². The molecule has 0 aliphatic heterocycles. The highest BCUT2D eigenvalue weighted by Crippen LogP contribution is 2.01. The molecule has 0 fully saturated rings. The molecule has 0 aromatic rings. The Bertz CT molecular complexity index is 299. The molecule has 0 rings (SSSR count). The second-order valence-corrected chi connectivity index (χ2v) is 4.30. The van der Waals surface area contributed by atoms with Gasteiger partial charge in [0.1, 0.15) is 6.04 Å². The van der Waals surface area contributed by atoms with Crippen molar-refractivity contribution in [3.05, 3.63) is 0 Å². The Morgan fingerprint density at radius 2 is 1.50 bits per heavy atom. The number of carbonyl (C=O) groups is 3. The molecule has 8 nitrogen and oxygen atoms in total. The third kappa shape index (κ3) is 5.00. The number of aliphatic hydroxyl groups is 1. The van der Waals surface area contributed by atoms with Crippen molar-refractivity contribution in [3.8, 4) is 0 Å². The molecular formula is C10H19N3O5. The van der Waals surface area contributed by atoms with Gasteiger partial charge in [0.15, 0.2) is 6.04 Å². The van der Waals surface area contributed by atoms with E-state index >= 15 is 0 Å². The Kier molecular flexibility index (Phi) is 6.11. The van der Waals surface area contributed by atoms with Crippen LogP contribution in [0.1, 0.15) is 20.8 Å². The van der Waals surface area contributed by atoms with Gasteiger partial charge < -0.3 is 26.6 Å². The maximum Gasteiger partial charge on any atom is 0.328 e. The van der Waals surface area contributed by atoms with Crippen LogP contribution in [0.25, 0.3) is 0 Å². The quantitative estimate of drug-likeness (QED) is 0.401. The third-order valence-corrected chi connectivity index (χ3v) is 2.29. The Morgan fingerprint density at radius 1 is 1.06 bits per heavy atom. The number of amides is 3. The van der Waals surface area contributed by atoms with Crippen molar-refractivity contribution in [2.75, 3.05) is 0 Å². The van der Waals surface area contributed by atoms with Gasteiger partial charge in [0.2, 0.25) is 5.91 Å². The number of aliphatic hydroxyl groups excluding tert-OH is 1. The highest BCUT2D eigenvalue weighted by atomic mass is 16.4. The lowest BCUT2D eigenvalue weighted by atomic mass is 10.0. The molecule has 0 aliphatic carbocycles. The molecule has 0 saturated heterocycles. The molecule has 3 unspecified atom stereocenters. The highest BCUT2D eigenvalue weighted by molar-refractivity contribution is 5.88. The summed E-state index contributed by atoms with van der Waals surface area (Å²) in [5, 5.41) is 22.2. The van der Waals surface area contributed by atoms with Crippen molar-refractivity contribution in [1.82, 2.24) is 10.6 Å². The Hall–Kier alpha value is -1.83. The Balaban J connectivity index is 4.57. The van der Waals surface area contributed by atoms with Crippen molar-refractivity contribution < 1.29 is 24.6 Å². The smallest absolute Gasteiger partial charge is 0.328 e. The van der Waals surface area contributed by atoms with E-state index in [1.54, 1.807) is 13.8 Å². The first-order valence-electron chi connectivity index (χ1n) is 5.44. The molecule has 104 valence electrons. The van der Waals surface area contributed by atoms with E-state index in [1.807, 2.05) is 5.32 Å². The van der Waals surface area contributed by atoms with Gasteiger partial charge in [-0.1, -0.05) is 13.8 Å². The molecule has 0 spiro atoms. The molecule has 18 heavy (non-hydrogen) atoms. The van der Waals surface area contributed by atoms with Crippen LogP contribution in [0.5, 0.6) is 0 Å². The Morgan fingerprint density at radius 3 is 1.78 bits per heavy atom. The molecule has 3 atom stereocenters. The first-order chi connectivity index (χ1) is 8.16. The van der Waals surface area contributed by atoms with E-state index in [1.165, 1.54) is 6.92 Å². The number of urea groups is 1. The molecule has 0 heterocycles. The maximum atomic E-state index is 11.5. The number of primary amides is 1. The first-order valence-corrected chi connectivity index (χ1v) is 5.44. The largest absolute Gasteiger partial charge is 0.480 e. The number of carboxylic acid groups (broad SMARTS) is 1. The summed E-state index contributed by atoms with van der Waals surface area (Å²) in [6.07, 6.45) is -1.26. The fraction of sp³-hybridized carbons (Fsp3) is 0.700. The summed E-state index contributed by atoms with van der Waals surface area (Å²) in [5.41, 5.74) is 5.09. The van der Waals surface area contributed by atoms with E-state index in [-0.39, 0.29) is 5.92 Å². The van der Waals surface area contributed by atoms with Crippen molar-refractivity contribution in [2.45, 2.75) is 39.0 Å². The van der Waals surface area contributed by atoms with Crippen LogP contribution < -0.4 is 16.4 Å². The molecule has 0 aliphatic rings. The zero-order valence-electron chi connectivity index (χ0n) is 10.5. The van der Waals surface area contributed by atoms with Crippen LogP contribution in [0.3, 0.4) is 0 Å². The number of aliphatic carboxylic acids is 1. The van der Waals surface area contributed by atoms with E-state index in [9.17, 15) is 14.4 Å². The molecule has 0 saturated carbocycles. The molecule has 0 aromatic heterocycles. The standard InChI is InChI=1S/C10H19N3O5/c1-4(2)6(8(11)15)12-10(18)13-7(5(3)14)9(16)17/h4-7,14H,1-3H3,(H2,11,15)(H,16,17)(H2,12,13,18). The number of carboxylic acids is 1. The summed E-state index contributed by atoms with van der Waals surface area (Å²) in [6, 6.07) is -3.24. The van der Waals surface area contributed by atoms with Crippen molar-refractivity contribution in [1.29, 1.82) is 0 Å². The molecule has 3 amide bonds. The summed E-state index contributed by atoms with van der Waals surface area (Å²) >= 11 is 0. The number of rotatable bonds is 6. The van der Waals surface area contributed by atoms with Crippen LogP contribution in [0.2, 0.25) is 0 Å². The lowest BCUT2D eigenvalue weighted by Gasteiger charge is -2.22. The van der Waals surface area contributed by atoms with Crippen LogP contribution in [0, 0.1) is 5.92 Å². The lowest BCUT2D eigenvalue weighted by molar-refractivity contribution is -0.141. The van der Waals surface area contributed by atoms with E-state index in [2.05, 4.69) is 5.32 Å². The van der Waals surface area contributed by atoms with Gasteiger partial charge in [0, 0.05) is 0 Å². The van der Waals surface area contributed by atoms with E-state index in [4.69, 9.17) is 15.9 Å². The SMILES string of the molecule is CC(C)C(NC(=O)NC(C(=O)O)C(C)O)C(N)=O. The summed E-state index contributed by atoms with van der Waals surface area (Å²) in [4.78, 5) is 33.3. The van der Waals surface area contributed by atoms with Crippen LogP contribution in [0.15, 0.2) is 0 Å². The van der Waals surface area contributed by atoms with Gasteiger partial charge >= 0.3 is 12.0 Å². The number of hydrogen-bond donors (Lipinski definition) is 5. The normalized spacial score (nSPS) is 15.6. The third-order valence-electron chi connectivity index (χ3n) is 2.29. The monoisotopic (exact) mass is 261 g/mol. The zero-order valence-corrected chi connectivity index (χ0v) is 10.5. The van der Waals surface area contributed by atoms with Crippen molar-refractivity contribution >= 4 is 17.9 Å². The molecule has 0 radical (unpaired) electrons. The van der Waals surface area contributed by atoms with Crippen LogP contribution in [-0.2, 0) is 9.59 Å². The van der Waals surface area contributed by atoms with E-state index in [0.717, 1.165) is 0 Å². The minimum atomic E-state index is -1.45. The second-order valence-electron chi connectivity index (χ2n) is 4.30. The topological polar surface area (TPSA) is 142 Å². The van der Waals surface area contributed by atoms with Gasteiger partial charge in [-0.05, 0) is 12.8 Å². The van der Waals surface area contributed by atoms with Crippen LogP contribution >= 0.6 is 0 Å². The number of nitrogens with two attached hydrogens (primary N) is 1. The van der Waals surface area contributed by atoms with E-state index < -0.39 is 36.1 Å². The fourth-order valence-electron chi connectivity index (χ4n) is 1.28. The molecule has 0 bridgehead atoms. The second kappa shape index (κ2) is 6.80. The Labute approximate surface area is 105 Å². The number of nitrogens with one attached hydrogen (secondary N) is 2. The van der Waals surface area contributed by atoms with Gasteiger partial charge in [-0.25, -0.2) is 9.59 Å². The van der Waals surface area contributed by atoms with E-state index in [0.29, 0.717) is 0 Å².